The zero-order valence-electron chi connectivity index (χ0n) is 12.8. The van der Waals surface area contributed by atoms with Gasteiger partial charge in [0.15, 0.2) is 17.2 Å². The second kappa shape index (κ2) is 5.62. The van der Waals surface area contributed by atoms with E-state index >= 15 is 0 Å². The van der Waals surface area contributed by atoms with Crippen molar-refractivity contribution in [3.63, 3.8) is 0 Å². The average molecular weight is 319 g/mol. The van der Waals surface area contributed by atoms with Gasteiger partial charge in [-0.2, -0.15) is 14.6 Å². The first kappa shape index (κ1) is 14.1. The third-order valence-corrected chi connectivity index (χ3v) is 3.61. The monoisotopic (exact) mass is 319 g/mol. The van der Waals surface area contributed by atoms with Crippen molar-refractivity contribution in [2.75, 3.05) is 12.4 Å². The fraction of sp³-hybridized carbons (Fsp3) is 0.0588. The lowest BCUT2D eigenvalue weighted by atomic mass is 10.1. The molecule has 0 atom stereocenters. The molecule has 24 heavy (non-hydrogen) atoms. The van der Waals surface area contributed by atoms with E-state index in [1.165, 1.54) is 10.7 Å². The van der Waals surface area contributed by atoms with E-state index in [-0.39, 0.29) is 5.78 Å². The summed E-state index contributed by atoms with van der Waals surface area (Å²) >= 11 is 0. The normalized spacial score (nSPS) is 10.9. The first-order valence-electron chi connectivity index (χ1n) is 7.35. The second-order valence-electron chi connectivity index (χ2n) is 5.09. The lowest BCUT2D eigenvalue weighted by Gasteiger charge is -2.05. The van der Waals surface area contributed by atoms with Crippen LogP contribution in [0.4, 0.5) is 5.95 Å². The van der Waals surface area contributed by atoms with Crippen LogP contribution < -0.4 is 5.32 Å². The van der Waals surface area contributed by atoms with Crippen LogP contribution in [0.1, 0.15) is 15.9 Å². The molecule has 0 spiro atoms. The maximum atomic E-state index is 12.8. The fourth-order valence-electron chi connectivity index (χ4n) is 2.46. The van der Waals surface area contributed by atoms with Gasteiger partial charge in [0.25, 0.3) is 0 Å². The van der Waals surface area contributed by atoms with Gasteiger partial charge in [0.1, 0.15) is 0 Å². The first-order chi connectivity index (χ1) is 11.8. The molecule has 3 aromatic heterocycles. The van der Waals surface area contributed by atoms with Crippen molar-refractivity contribution in [2.45, 2.75) is 0 Å². The number of rotatable bonds is 4. The number of hydrogen-bond donors (Lipinski definition) is 1. The summed E-state index contributed by atoms with van der Waals surface area (Å²) in [6.07, 6.45) is 3.06. The Morgan fingerprint density at radius 1 is 1.12 bits per heavy atom. The van der Waals surface area contributed by atoms with E-state index in [0.717, 1.165) is 0 Å². The minimum absolute atomic E-state index is 0.142. The molecule has 1 aromatic carbocycles. The summed E-state index contributed by atoms with van der Waals surface area (Å²) in [4.78, 5) is 21.6. The Kier molecular flexibility index (Phi) is 3.31. The number of ketones is 1. The highest BCUT2D eigenvalue weighted by atomic mass is 16.3. The third-order valence-electron chi connectivity index (χ3n) is 3.61. The van der Waals surface area contributed by atoms with Crippen LogP contribution in [0.5, 0.6) is 0 Å². The minimum atomic E-state index is -0.142. The topological polar surface area (TPSA) is 85.3 Å². The molecule has 118 valence electrons. The molecular formula is C17H13N5O2. The van der Waals surface area contributed by atoms with E-state index in [9.17, 15) is 4.79 Å². The van der Waals surface area contributed by atoms with Gasteiger partial charge in [-0.1, -0.05) is 30.3 Å². The predicted molar refractivity (Wildman–Crippen MR) is 87.9 cm³/mol. The quantitative estimate of drug-likeness (QED) is 0.582. The van der Waals surface area contributed by atoms with Gasteiger partial charge in [0, 0.05) is 12.6 Å². The molecule has 0 aliphatic rings. The van der Waals surface area contributed by atoms with Crippen LogP contribution in [0.25, 0.3) is 17.2 Å². The number of hydrogen-bond acceptors (Lipinski definition) is 6. The average Bonchev–Trinajstić information content (AvgIpc) is 3.30. The van der Waals surface area contributed by atoms with Crippen LogP contribution in [0.3, 0.4) is 0 Å². The maximum absolute atomic E-state index is 12.8. The number of fused-ring (bicyclic) bond motifs is 1. The molecule has 0 unspecified atom stereocenters. The van der Waals surface area contributed by atoms with Crippen LogP contribution >= 0.6 is 0 Å². The van der Waals surface area contributed by atoms with E-state index in [2.05, 4.69) is 20.4 Å². The summed E-state index contributed by atoms with van der Waals surface area (Å²) in [5.41, 5.74) is 1.42. The molecule has 0 saturated carbocycles. The summed E-state index contributed by atoms with van der Waals surface area (Å²) < 4.78 is 6.86. The van der Waals surface area contributed by atoms with Crippen molar-refractivity contribution in [1.29, 1.82) is 0 Å². The third kappa shape index (κ3) is 2.23. The Balaban J connectivity index is 1.91. The van der Waals surface area contributed by atoms with Crippen molar-refractivity contribution in [2.24, 2.45) is 0 Å². The lowest BCUT2D eigenvalue weighted by Crippen LogP contribution is -2.07. The number of benzene rings is 1. The molecule has 0 aliphatic heterocycles. The van der Waals surface area contributed by atoms with Gasteiger partial charge in [0.2, 0.25) is 11.8 Å². The van der Waals surface area contributed by atoms with Crippen molar-refractivity contribution in [3.8, 4) is 11.6 Å². The molecule has 0 amide bonds. The molecule has 0 bridgehead atoms. The number of nitrogens with zero attached hydrogens (tertiary/aromatic N) is 4. The number of aromatic nitrogens is 4. The minimum Gasteiger partial charge on any atom is -0.461 e. The Morgan fingerprint density at radius 2 is 1.96 bits per heavy atom. The zero-order valence-corrected chi connectivity index (χ0v) is 12.8. The van der Waals surface area contributed by atoms with Crippen LogP contribution in [0.2, 0.25) is 0 Å². The van der Waals surface area contributed by atoms with E-state index in [0.29, 0.717) is 34.3 Å². The molecule has 0 aliphatic carbocycles. The summed E-state index contributed by atoms with van der Waals surface area (Å²) in [6, 6.07) is 12.6. The number of anilines is 1. The van der Waals surface area contributed by atoms with Gasteiger partial charge in [-0.3, -0.25) is 4.79 Å². The van der Waals surface area contributed by atoms with E-state index in [4.69, 9.17) is 4.42 Å². The van der Waals surface area contributed by atoms with Gasteiger partial charge >= 0.3 is 0 Å². The van der Waals surface area contributed by atoms with E-state index in [1.54, 1.807) is 37.6 Å². The molecular weight excluding hydrogens is 306 g/mol. The number of carbonyl (C=O) groups excluding carboxylic acids is 1. The molecule has 0 radical (unpaired) electrons. The number of furan rings is 1. The number of nitrogens with one attached hydrogen (secondary N) is 1. The molecule has 7 nitrogen and oxygen atoms in total. The van der Waals surface area contributed by atoms with Crippen molar-refractivity contribution in [3.05, 3.63) is 66.1 Å². The van der Waals surface area contributed by atoms with Crippen LogP contribution in [-0.2, 0) is 0 Å². The highest BCUT2D eigenvalue weighted by Gasteiger charge is 2.20. The van der Waals surface area contributed by atoms with E-state index in [1.807, 2.05) is 18.2 Å². The van der Waals surface area contributed by atoms with Crippen LogP contribution in [0, 0.1) is 0 Å². The Hall–Kier alpha value is -3.48. The maximum Gasteiger partial charge on any atom is 0.227 e. The smallest absolute Gasteiger partial charge is 0.227 e. The van der Waals surface area contributed by atoms with Gasteiger partial charge < -0.3 is 9.73 Å². The molecule has 4 aromatic rings. The summed E-state index contributed by atoms with van der Waals surface area (Å²) in [7, 11) is 1.73. The fourth-order valence-corrected chi connectivity index (χ4v) is 2.46. The van der Waals surface area contributed by atoms with Crippen molar-refractivity contribution < 1.29 is 9.21 Å². The molecule has 1 N–H and O–H groups in total. The summed E-state index contributed by atoms with van der Waals surface area (Å²) in [5.74, 6) is 1.24. The molecule has 3 heterocycles. The van der Waals surface area contributed by atoms with Gasteiger partial charge in [-0.15, -0.1) is 0 Å². The van der Waals surface area contributed by atoms with Gasteiger partial charge in [-0.25, -0.2) is 4.98 Å². The van der Waals surface area contributed by atoms with Gasteiger partial charge in [0.05, 0.1) is 18.0 Å². The van der Waals surface area contributed by atoms with Crippen molar-refractivity contribution in [1.82, 2.24) is 19.6 Å². The Labute approximate surface area is 137 Å². The largest absolute Gasteiger partial charge is 0.461 e. The second-order valence-corrected chi connectivity index (χ2v) is 5.09. The Bertz CT molecular complexity index is 1010. The molecule has 0 saturated heterocycles. The standard InChI is InChI=1S/C17H13N5O2/c1-18-17-21-15(13-8-5-9-24-13)20-16-12(10-19-22(16)17)14(23)11-6-3-2-4-7-11/h2-10H,1H3,(H,18,20,21). The van der Waals surface area contributed by atoms with Crippen molar-refractivity contribution >= 4 is 17.4 Å². The predicted octanol–water partition coefficient (Wildman–Crippen LogP) is 2.66. The van der Waals surface area contributed by atoms with Crippen LogP contribution in [0.15, 0.2) is 59.3 Å². The van der Waals surface area contributed by atoms with Crippen LogP contribution in [-0.4, -0.2) is 32.4 Å². The highest BCUT2D eigenvalue weighted by Crippen LogP contribution is 2.22. The molecule has 4 rings (SSSR count). The van der Waals surface area contributed by atoms with E-state index < -0.39 is 0 Å². The molecule has 7 heteroatoms. The SMILES string of the molecule is CNc1nc(-c2ccco2)nc2c(C(=O)c3ccccc3)cnn12. The highest BCUT2D eigenvalue weighted by molar-refractivity contribution is 6.12. The first-order valence-corrected chi connectivity index (χ1v) is 7.35. The number of carbonyl (C=O) groups is 1. The molecule has 0 fully saturated rings. The lowest BCUT2D eigenvalue weighted by molar-refractivity contribution is 0.104. The Morgan fingerprint density at radius 3 is 2.67 bits per heavy atom. The summed E-state index contributed by atoms with van der Waals surface area (Å²) in [5, 5.41) is 7.20. The zero-order chi connectivity index (χ0) is 16.5. The summed E-state index contributed by atoms with van der Waals surface area (Å²) in [6.45, 7) is 0. The van der Waals surface area contributed by atoms with Gasteiger partial charge in [-0.05, 0) is 12.1 Å².